The van der Waals surface area contributed by atoms with Crippen LogP contribution in [0.4, 0.5) is 5.69 Å². The van der Waals surface area contributed by atoms with E-state index >= 15 is 0 Å². The number of hydrogen-bond donors (Lipinski definition) is 2. The third-order valence-electron chi connectivity index (χ3n) is 2.36. The summed E-state index contributed by atoms with van der Waals surface area (Å²) < 4.78 is 5.42. The van der Waals surface area contributed by atoms with Gasteiger partial charge in [-0.15, -0.1) is 0 Å². The maximum Gasteiger partial charge on any atom is 0.335 e. The lowest BCUT2D eigenvalue weighted by Gasteiger charge is -2.26. The number of aromatic carboxylic acids is 1. The second kappa shape index (κ2) is 4.11. The fourth-order valence-electron chi connectivity index (χ4n) is 1.57. The number of nitrogens with zero attached hydrogens (tertiary/aromatic N) is 1. The van der Waals surface area contributed by atoms with Crippen LogP contribution in [-0.2, 0) is 0 Å². The van der Waals surface area contributed by atoms with E-state index in [1.165, 1.54) is 12.1 Å². The molecule has 0 fully saturated rings. The predicted octanol–water partition coefficient (Wildman–Crippen LogP) is 1.47. The Kier molecular flexibility index (Phi) is 2.64. The molecule has 2 N–H and O–H groups in total. The zero-order valence-electron chi connectivity index (χ0n) is 8.43. The zero-order chi connectivity index (χ0) is 11.5. The zero-order valence-corrected chi connectivity index (χ0v) is 8.43. The lowest BCUT2D eigenvalue weighted by atomic mass is 10.1. The first-order valence-corrected chi connectivity index (χ1v) is 4.84. The van der Waals surface area contributed by atoms with E-state index in [1.54, 1.807) is 6.07 Å². The third-order valence-corrected chi connectivity index (χ3v) is 2.36. The number of nitriles is 1. The molecule has 2 rings (SSSR count). The SMILES string of the molecule is N#CCC1COc2ccc(C(=O)O)cc2N1. The monoisotopic (exact) mass is 218 g/mol. The number of carbonyl (C=O) groups is 1. The second-order valence-corrected chi connectivity index (χ2v) is 3.53. The normalized spacial score (nSPS) is 17.6. The minimum Gasteiger partial charge on any atom is -0.489 e. The van der Waals surface area contributed by atoms with Gasteiger partial charge in [0.05, 0.1) is 29.8 Å². The molecule has 1 heterocycles. The van der Waals surface area contributed by atoms with Crippen LogP contribution in [0.5, 0.6) is 5.75 Å². The summed E-state index contributed by atoms with van der Waals surface area (Å²) in [7, 11) is 0. The standard InChI is InChI=1S/C11H10N2O3/c12-4-3-8-6-16-10-2-1-7(11(14)15)5-9(10)13-8/h1-2,5,8,13H,3,6H2,(H,14,15). The Labute approximate surface area is 92.3 Å². The first kappa shape index (κ1) is 10.3. The number of carboxylic acid groups (broad SMARTS) is 1. The lowest BCUT2D eigenvalue weighted by molar-refractivity contribution is 0.0697. The van der Waals surface area contributed by atoms with E-state index < -0.39 is 5.97 Å². The van der Waals surface area contributed by atoms with Crippen molar-refractivity contribution in [3.05, 3.63) is 23.8 Å². The first-order valence-electron chi connectivity index (χ1n) is 4.84. The highest BCUT2D eigenvalue weighted by atomic mass is 16.5. The van der Waals surface area contributed by atoms with Gasteiger partial charge >= 0.3 is 5.97 Å². The summed E-state index contributed by atoms with van der Waals surface area (Å²) in [5.74, 6) is -0.355. The quantitative estimate of drug-likeness (QED) is 0.785. The van der Waals surface area contributed by atoms with Crippen molar-refractivity contribution in [1.29, 1.82) is 5.26 Å². The van der Waals surface area contributed by atoms with Crippen LogP contribution in [0, 0.1) is 11.3 Å². The van der Waals surface area contributed by atoms with Crippen molar-refractivity contribution < 1.29 is 14.6 Å². The predicted molar refractivity (Wildman–Crippen MR) is 56.5 cm³/mol. The van der Waals surface area contributed by atoms with E-state index in [2.05, 4.69) is 5.32 Å². The molecule has 1 unspecified atom stereocenters. The van der Waals surface area contributed by atoms with Crippen LogP contribution >= 0.6 is 0 Å². The topological polar surface area (TPSA) is 82.3 Å². The average molecular weight is 218 g/mol. The summed E-state index contributed by atoms with van der Waals surface area (Å²) >= 11 is 0. The fourth-order valence-corrected chi connectivity index (χ4v) is 1.57. The van der Waals surface area contributed by atoms with E-state index in [-0.39, 0.29) is 11.6 Å². The lowest BCUT2D eigenvalue weighted by Crippen LogP contribution is -2.31. The van der Waals surface area contributed by atoms with Crippen LogP contribution in [0.25, 0.3) is 0 Å². The van der Waals surface area contributed by atoms with Gasteiger partial charge in [0.1, 0.15) is 12.4 Å². The van der Waals surface area contributed by atoms with Crippen molar-refractivity contribution in [2.45, 2.75) is 12.5 Å². The first-order chi connectivity index (χ1) is 7.70. The molecule has 1 atom stereocenters. The van der Waals surface area contributed by atoms with Gasteiger partial charge in [-0.05, 0) is 18.2 Å². The van der Waals surface area contributed by atoms with Crippen molar-refractivity contribution in [2.75, 3.05) is 11.9 Å². The molecular weight excluding hydrogens is 208 g/mol. The summed E-state index contributed by atoms with van der Waals surface area (Å²) in [4.78, 5) is 10.8. The number of ether oxygens (including phenoxy) is 1. The molecule has 1 aromatic rings. The van der Waals surface area contributed by atoms with Gasteiger partial charge in [-0.25, -0.2) is 4.79 Å². The molecule has 1 aliphatic heterocycles. The van der Waals surface area contributed by atoms with E-state index in [0.29, 0.717) is 24.5 Å². The Bertz CT molecular complexity index is 465. The maximum absolute atomic E-state index is 10.8. The van der Waals surface area contributed by atoms with Crippen molar-refractivity contribution in [1.82, 2.24) is 0 Å². The Morgan fingerprint density at radius 2 is 2.50 bits per heavy atom. The number of fused-ring (bicyclic) bond motifs is 1. The number of benzene rings is 1. The van der Waals surface area contributed by atoms with Crippen molar-refractivity contribution in [2.24, 2.45) is 0 Å². The summed E-state index contributed by atoms with van der Waals surface area (Å²) in [6.07, 6.45) is 0.330. The molecule has 5 nitrogen and oxygen atoms in total. The van der Waals surface area contributed by atoms with E-state index in [0.717, 1.165) is 0 Å². The average Bonchev–Trinajstić information content (AvgIpc) is 2.28. The fraction of sp³-hybridized carbons (Fsp3) is 0.273. The molecule has 0 saturated carbocycles. The van der Waals surface area contributed by atoms with E-state index in [4.69, 9.17) is 15.1 Å². The number of anilines is 1. The van der Waals surface area contributed by atoms with Crippen LogP contribution in [0.1, 0.15) is 16.8 Å². The van der Waals surface area contributed by atoms with Crippen molar-refractivity contribution in [3.8, 4) is 11.8 Å². The van der Waals surface area contributed by atoms with Crippen LogP contribution < -0.4 is 10.1 Å². The number of rotatable bonds is 2. The number of carboxylic acids is 1. The Balaban J connectivity index is 2.25. The summed E-state index contributed by atoms with van der Waals surface area (Å²) in [5, 5.41) is 20.5. The van der Waals surface area contributed by atoms with Gasteiger partial charge in [0.25, 0.3) is 0 Å². The summed E-state index contributed by atoms with van der Waals surface area (Å²) in [6, 6.07) is 6.59. The van der Waals surface area contributed by atoms with E-state index in [9.17, 15) is 4.79 Å². The molecule has 0 bridgehead atoms. The Morgan fingerprint density at radius 3 is 3.19 bits per heavy atom. The Hall–Kier alpha value is -2.22. The summed E-state index contributed by atoms with van der Waals surface area (Å²) in [6.45, 7) is 0.424. The van der Waals surface area contributed by atoms with Gasteiger partial charge < -0.3 is 15.2 Å². The highest BCUT2D eigenvalue weighted by molar-refractivity contribution is 5.89. The molecule has 0 amide bonds. The molecular formula is C11H10N2O3. The highest BCUT2D eigenvalue weighted by Gasteiger charge is 2.19. The number of nitrogens with one attached hydrogen (secondary N) is 1. The van der Waals surface area contributed by atoms with E-state index in [1.807, 2.05) is 6.07 Å². The second-order valence-electron chi connectivity index (χ2n) is 3.53. The molecule has 0 radical (unpaired) electrons. The van der Waals surface area contributed by atoms with Crippen LogP contribution in [-0.4, -0.2) is 23.7 Å². The van der Waals surface area contributed by atoms with Crippen LogP contribution in [0.3, 0.4) is 0 Å². The van der Waals surface area contributed by atoms with Gasteiger partial charge in [0.15, 0.2) is 0 Å². The maximum atomic E-state index is 10.8. The van der Waals surface area contributed by atoms with Gasteiger partial charge in [-0.1, -0.05) is 0 Å². The van der Waals surface area contributed by atoms with Crippen molar-refractivity contribution in [3.63, 3.8) is 0 Å². The van der Waals surface area contributed by atoms with Gasteiger partial charge in [0.2, 0.25) is 0 Å². The number of hydrogen-bond acceptors (Lipinski definition) is 4. The van der Waals surface area contributed by atoms with Gasteiger partial charge in [-0.3, -0.25) is 0 Å². The van der Waals surface area contributed by atoms with Crippen LogP contribution in [0.15, 0.2) is 18.2 Å². The molecule has 0 aromatic heterocycles. The smallest absolute Gasteiger partial charge is 0.335 e. The van der Waals surface area contributed by atoms with Gasteiger partial charge in [-0.2, -0.15) is 5.26 Å². The largest absolute Gasteiger partial charge is 0.489 e. The van der Waals surface area contributed by atoms with Crippen molar-refractivity contribution >= 4 is 11.7 Å². The third kappa shape index (κ3) is 1.91. The molecule has 0 saturated heterocycles. The molecule has 0 aliphatic carbocycles. The van der Waals surface area contributed by atoms with Gasteiger partial charge in [0, 0.05) is 0 Å². The minimum absolute atomic E-state index is 0.0819. The summed E-state index contributed by atoms with van der Waals surface area (Å²) in [5.41, 5.74) is 0.832. The Morgan fingerprint density at radius 1 is 1.69 bits per heavy atom. The molecule has 0 spiro atoms. The molecule has 5 heteroatoms. The molecule has 1 aliphatic rings. The molecule has 16 heavy (non-hydrogen) atoms. The highest BCUT2D eigenvalue weighted by Crippen LogP contribution is 2.30. The molecule has 82 valence electrons. The van der Waals surface area contributed by atoms with Crippen LogP contribution in [0.2, 0.25) is 0 Å². The minimum atomic E-state index is -0.980. The molecule has 1 aromatic carbocycles.